The fourth-order valence-corrected chi connectivity index (χ4v) is 3.02. The number of carbonyl (C=O) groups is 1. The highest BCUT2D eigenvalue weighted by atomic mass is 35.5. The molecule has 0 aliphatic carbocycles. The summed E-state index contributed by atoms with van der Waals surface area (Å²) in [7, 11) is 1.29. The van der Waals surface area contributed by atoms with Crippen molar-refractivity contribution in [1.82, 2.24) is 0 Å². The monoisotopic (exact) mass is 421 g/mol. The van der Waals surface area contributed by atoms with Gasteiger partial charge in [-0.2, -0.15) is 13.5 Å². The van der Waals surface area contributed by atoms with E-state index in [0.717, 1.165) is 12.4 Å². The van der Waals surface area contributed by atoms with Gasteiger partial charge in [-0.1, -0.05) is 29.3 Å². The Kier molecular flexibility index (Phi) is 7.04. The van der Waals surface area contributed by atoms with Crippen molar-refractivity contribution >= 4 is 29.2 Å². The van der Waals surface area contributed by atoms with Gasteiger partial charge in [-0.05, 0) is 17.7 Å². The molecule has 2 rings (SSSR count). The minimum absolute atomic E-state index is 0.0348. The van der Waals surface area contributed by atoms with Crippen LogP contribution in [0, 0.1) is 5.21 Å². The lowest BCUT2D eigenvalue weighted by Gasteiger charge is -2.20. The Balaban J connectivity index is 2.41. The number of ether oxygens (including phenoxy) is 3. The summed E-state index contributed by atoms with van der Waals surface area (Å²) in [5.41, 5.74) is 0.832. The minimum Gasteiger partial charge on any atom is -0.619 e. The van der Waals surface area contributed by atoms with Crippen LogP contribution in [0.1, 0.15) is 24.2 Å². The lowest BCUT2D eigenvalue weighted by atomic mass is 10.0. The summed E-state index contributed by atoms with van der Waals surface area (Å²) < 4.78 is 40.1. The van der Waals surface area contributed by atoms with Crippen LogP contribution in [0.4, 0.5) is 8.78 Å². The van der Waals surface area contributed by atoms with Gasteiger partial charge in [-0.3, -0.25) is 4.79 Å². The standard InChI is InChI=1S/C17H15Cl2F2NO5/c1-9(23)26-15(6-11-12(18)7-22(24)8-13(11)19)10-3-4-14(27-17(20)21)16(5-10)25-2/h3-5,7-8,15,17H,6H2,1-2H3. The van der Waals surface area contributed by atoms with Crippen molar-refractivity contribution < 1.29 is 32.5 Å². The topological polar surface area (TPSA) is 71.7 Å². The molecule has 10 heteroatoms. The highest BCUT2D eigenvalue weighted by molar-refractivity contribution is 6.35. The third-order valence-corrected chi connectivity index (χ3v) is 4.18. The fourth-order valence-electron chi connectivity index (χ4n) is 2.42. The molecule has 0 amide bonds. The molecule has 146 valence electrons. The summed E-state index contributed by atoms with van der Waals surface area (Å²) in [6.45, 7) is -1.80. The summed E-state index contributed by atoms with van der Waals surface area (Å²) in [6, 6.07) is 4.13. The van der Waals surface area contributed by atoms with Gasteiger partial charge in [0.1, 0.15) is 16.1 Å². The molecule has 1 aromatic heterocycles. The molecule has 6 nitrogen and oxygen atoms in total. The Bertz CT molecular complexity index is 812. The number of rotatable bonds is 7. The molecule has 2 aromatic rings. The number of methoxy groups -OCH3 is 1. The summed E-state index contributed by atoms with van der Waals surface area (Å²) in [6.07, 6.45) is 1.44. The average Bonchev–Trinajstić information content (AvgIpc) is 2.56. The number of benzene rings is 1. The number of nitrogens with zero attached hydrogens (tertiary/aromatic N) is 1. The Hall–Kier alpha value is -2.32. The second-order valence-corrected chi connectivity index (χ2v) is 6.20. The highest BCUT2D eigenvalue weighted by Crippen LogP contribution is 2.35. The van der Waals surface area contributed by atoms with Gasteiger partial charge < -0.3 is 19.4 Å². The maximum atomic E-state index is 12.5. The zero-order valence-corrected chi connectivity index (χ0v) is 15.8. The molecule has 27 heavy (non-hydrogen) atoms. The van der Waals surface area contributed by atoms with E-state index in [2.05, 4.69) is 4.74 Å². The first-order valence-corrected chi connectivity index (χ1v) is 8.33. The van der Waals surface area contributed by atoms with Gasteiger partial charge in [0.25, 0.3) is 0 Å². The third kappa shape index (κ3) is 5.58. The predicted octanol–water partition coefficient (Wildman–Crippen LogP) is 4.08. The third-order valence-electron chi connectivity index (χ3n) is 3.53. The molecule has 1 aromatic carbocycles. The summed E-state index contributed by atoms with van der Waals surface area (Å²) in [5.74, 6) is -0.706. The van der Waals surface area contributed by atoms with E-state index in [9.17, 15) is 18.8 Å². The first-order valence-electron chi connectivity index (χ1n) is 7.58. The van der Waals surface area contributed by atoms with E-state index in [-0.39, 0.29) is 28.0 Å². The largest absolute Gasteiger partial charge is 0.619 e. The zero-order chi connectivity index (χ0) is 20.1. The molecule has 0 spiro atoms. The van der Waals surface area contributed by atoms with E-state index in [1.165, 1.54) is 32.2 Å². The van der Waals surface area contributed by atoms with Gasteiger partial charge in [0.2, 0.25) is 0 Å². The van der Waals surface area contributed by atoms with Crippen LogP contribution >= 0.6 is 23.2 Å². The smallest absolute Gasteiger partial charge is 0.387 e. The SMILES string of the molecule is COc1cc(C(Cc2c(Cl)c[n+]([O-])cc2Cl)OC(C)=O)ccc1OC(F)F. The molecule has 0 bridgehead atoms. The van der Waals surface area contributed by atoms with Crippen LogP contribution in [-0.4, -0.2) is 19.7 Å². The number of alkyl halides is 2. The van der Waals surface area contributed by atoms with E-state index in [0.29, 0.717) is 15.9 Å². The molecule has 1 heterocycles. The zero-order valence-electron chi connectivity index (χ0n) is 14.2. The van der Waals surface area contributed by atoms with Crippen LogP contribution in [0.3, 0.4) is 0 Å². The summed E-state index contributed by atoms with van der Waals surface area (Å²) in [5, 5.41) is 11.6. The van der Waals surface area contributed by atoms with Gasteiger partial charge in [0.15, 0.2) is 23.9 Å². The number of hydrogen-bond donors (Lipinski definition) is 0. The molecule has 0 N–H and O–H groups in total. The summed E-state index contributed by atoms with van der Waals surface area (Å²) >= 11 is 12.1. The van der Waals surface area contributed by atoms with Crippen molar-refractivity contribution in [3.05, 3.63) is 57.0 Å². The van der Waals surface area contributed by atoms with Crippen LogP contribution in [-0.2, 0) is 16.0 Å². The van der Waals surface area contributed by atoms with Crippen molar-refractivity contribution in [3.8, 4) is 11.5 Å². The molecule has 0 saturated heterocycles. The van der Waals surface area contributed by atoms with Crippen molar-refractivity contribution in [2.75, 3.05) is 7.11 Å². The maximum absolute atomic E-state index is 12.5. The maximum Gasteiger partial charge on any atom is 0.387 e. The number of aromatic nitrogens is 1. The summed E-state index contributed by atoms with van der Waals surface area (Å²) in [4.78, 5) is 11.5. The normalized spacial score (nSPS) is 12.0. The molecular formula is C17H15Cl2F2NO5. The van der Waals surface area contributed by atoms with Gasteiger partial charge in [-0.25, -0.2) is 0 Å². The van der Waals surface area contributed by atoms with Crippen LogP contribution in [0.2, 0.25) is 10.0 Å². The van der Waals surface area contributed by atoms with E-state index in [1.54, 1.807) is 0 Å². The second kappa shape index (κ2) is 9.05. The van der Waals surface area contributed by atoms with Gasteiger partial charge in [-0.15, -0.1) is 0 Å². The number of carbonyl (C=O) groups excluding carboxylic acids is 1. The predicted molar refractivity (Wildman–Crippen MR) is 93.3 cm³/mol. The Labute approximate surface area is 163 Å². The molecule has 1 unspecified atom stereocenters. The van der Waals surface area contributed by atoms with Crippen LogP contribution in [0.5, 0.6) is 11.5 Å². The van der Waals surface area contributed by atoms with Gasteiger partial charge >= 0.3 is 12.6 Å². The molecule has 0 aliphatic rings. The first-order chi connectivity index (χ1) is 12.7. The average molecular weight is 422 g/mol. The van der Waals surface area contributed by atoms with E-state index < -0.39 is 18.7 Å². The molecule has 0 saturated carbocycles. The Morgan fingerprint density at radius 3 is 2.37 bits per heavy atom. The molecular weight excluding hydrogens is 407 g/mol. The quantitative estimate of drug-likeness (QED) is 0.382. The fraction of sp³-hybridized carbons (Fsp3) is 0.294. The van der Waals surface area contributed by atoms with Crippen molar-refractivity contribution in [2.45, 2.75) is 26.1 Å². The van der Waals surface area contributed by atoms with Crippen molar-refractivity contribution in [1.29, 1.82) is 0 Å². The lowest BCUT2D eigenvalue weighted by Crippen LogP contribution is -2.25. The number of halogens is 4. The second-order valence-electron chi connectivity index (χ2n) is 5.38. The van der Waals surface area contributed by atoms with Crippen LogP contribution < -0.4 is 14.2 Å². The number of esters is 1. The molecule has 0 radical (unpaired) electrons. The van der Waals surface area contributed by atoms with Gasteiger partial charge in [0, 0.05) is 18.9 Å². The van der Waals surface area contributed by atoms with Crippen molar-refractivity contribution in [2.24, 2.45) is 0 Å². The Morgan fingerprint density at radius 1 is 1.22 bits per heavy atom. The molecule has 0 fully saturated rings. The van der Waals surface area contributed by atoms with Crippen molar-refractivity contribution in [3.63, 3.8) is 0 Å². The lowest BCUT2D eigenvalue weighted by molar-refractivity contribution is -0.605. The molecule has 0 aliphatic heterocycles. The number of hydrogen-bond acceptors (Lipinski definition) is 5. The first kappa shape index (κ1) is 21.0. The Morgan fingerprint density at radius 2 is 1.85 bits per heavy atom. The van der Waals surface area contributed by atoms with E-state index >= 15 is 0 Å². The van der Waals surface area contributed by atoms with Gasteiger partial charge in [0.05, 0.1) is 7.11 Å². The highest BCUT2D eigenvalue weighted by Gasteiger charge is 2.23. The molecule has 1 atom stereocenters. The van der Waals surface area contributed by atoms with Crippen LogP contribution in [0.15, 0.2) is 30.6 Å². The number of pyridine rings is 1. The van der Waals surface area contributed by atoms with E-state index in [4.69, 9.17) is 32.7 Å². The van der Waals surface area contributed by atoms with E-state index in [1.807, 2.05) is 0 Å². The minimum atomic E-state index is -3.02. The van der Waals surface area contributed by atoms with Crippen LogP contribution in [0.25, 0.3) is 0 Å².